The standard InChI is InChI=1S/C15H22N2O4S/c1-11(16-12-4-6-14(21-3)7-5-12)15(18)17(2)13-8-9-22(19,20)10-13/h4-7,11,13,16H,8-10H2,1-3H3/t11-,13+/m1/s1. The van der Waals surface area contributed by atoms with Crippen LogP contribution in [0.4, 0.5) is 5.69 Å². The number of likely N-dealkylation sites (N-methyl/N-ethyl adjacent to an activating group) is 1. The van der Waals surface area contributed by atoms with Gasteiger partial charge >= 0.3 is 0 Å². The minimum absolute atomic E-state index is 0.0600. The second-order valence-electron chi connectivity index (χ2n) is 5.60. The summed E-state index contributed by atoms with van der Waals surface area (Å²) in [5.74, 6) is 0.857. The number of nitrogens with zero attached hydrogens (tertiary/aromatic N) is 1. The monoisotopic (exact) mass is 326 g/mol. The number of hydrogen-bond acceptors (Lipinski definition) is 5. The molecule has 22 heavy (non-hydrogen) atoms. The first-order valence-electron chi connectivity index (χ1n) is 7.20. The Kier molecular flexibility index (Phi) is 4.95. The molecule has 1 aromatic carbocycles. The maximum absolute atomic E-state index is 12.4. The van der Waals surface area contributed by atoms with Crippen LogP contribution in [0, 0.1) is 0 Å². The van der Waals surface area contributed by atoms with Crippen LogP contribution in [0.3, 0.4) is 0 Å². The Morgan fingerprint density at radius 3 is 2.50 bits per heavy atom. The minimum atomic E-state index is -2.99. The molecule has 1 N–H and O–H groups in total. The summed E-state index contributed by atoms with van der Waals surface area (Å²) in [5.41, 5.74) is 0.814. The predicted molar refractivity (Wildman–Crippen MR) is 85.9 cm³/mol. The largest absolute Gasteiger partial charge is 0.497 e. The lowest BCUT2D eigenvalue weighted by molar-refractivity contribution is -0.132. The molecule has 1 aromatic rings. The maximum Gasteiger partial charge on any atom is 0.244 e. The number of nitrogens with one attached hydrogen (secondary N) is 1. The van der Waals surface area contributed by atoms with Crippen molar-refractivity contribution in [3.63, 3.8) is 0 Å². The van der Waals surface area contributed by atoms with E-state index < -0.39 is 15.9 Å². The van der Waals surface area contributed by atoms with Gasteiger partial charge in [-0.25, -0.2) is 8.42 Å². The van der Waals surface area contributed by atoms with Crippen LogP contribution in [0.2, 0.25) is 0 Å². The van der Waals surface area contributed by atoms with Gasteiger partial charge < -0.3 is 15.0 Å². The van der Waals surface area contributed by atoms with E-state index in [0.29, 0.717) is 6.42 Å². The molecule has 2 atom stereocenters. The van der Waals surface area contributed by atoms with Crippen LogP contribution in [0.1, 0.15) is 13.3 Å². The normalized spacial score (nSPS) is 21.1. The lowest BCUT2D eigenvalue weighted by Gasteiger charge is -2.27. The van der Waals surface area contributed by atoms with Gasteiger partial charge in [0.1, 0.15) is 11.8 Å². The number of carbonyl (C=O) groups excluding carboxylic acids is 1. The Hall–Kier alpha value is -1.76. The van der Waals surface area contributed by atoms with E-state index in [1.54, 1.807) is 26.0 Å². The lowest BCUT2D eigenvalue weighted by atomic mass is 10.2. The van der Waals surface area contributed by atoms with Crippen molar-refractivity contribution in [2.24, 2.45) is 0 Å². The average molecular weight is 326 g/mol. The number of carbonyl (C=O) groups is 1. The molecule has 6 nitrogen and oxygen atoms in total. The van der Waals surface area contributed by atoms with Gasteiger partial charge in [0.2, 0.25) is 5.91 Å². The Bertz CT molecular complexity index is 627. The predicted octanol–water partition coefficient (Wildman–Crippen LogP) is 1.14. The minimum Gasteiger partial charge on any atom is -0.497 e. The van der Waals surface area contributed by atoms with E-state index in [0.717, 1.165) is 11.4 Å². The first-order chi connectivity index (χ1) is 10.3. The number of rotatable bonds is 5. The highest BCUT2D eigenvalue weighted by molar-refractivity contribution is 7.91. The van der Waals surface area contributed by atoms with Crippen molar-refractivity contribution >= 4 is 21.4 Å². The molecule has 1 amide bonds. The molecule has 122 valence electrons. The molecule has 1 saturated heterocycles. The zero-order chi connectivity index (χ0) is 16.3. The first-order valence-corrected chi connectivity index (χ1v) is 9.02. The van der Waals surface area contributed by atoms with E-state index in [1.807, 2.05) is 24.3 Å². The van der Waals surface area contributed by atoms with Crippen LogP contribution in [-0.2, 0) is 14.6 Å². The summed E-state index contributed by atoms with van der Waals surface area (Å²) >= 11 is 0. The SMILES string of the molecule is COc1ccc(N[C@H](C)C(=O)N(C)[C@H]2CCS(=O)(=O)C2)cc1. The van der Waals surface area contributed by atoms with Gasteiger partial charge in [0, 0.05) is 18.8 Å². The lowest BCUT2D eigenvalue weighted by Crippen LogP contribution is -2.45. The highest BCUT2D eigenvalue weighted by Crippen LogP contribution is 2.19. The fourth-order valence-electron chi connectivity index (χ4n) is 2.57. The van der Waals surface area contributed by atoms with E-state index in [9.17, 15) is 13.2 Å². The van der Waals surface area contributed by atoms with Crippen LogP contribution in [-0.4, -0.2) is 57.0 Å². The third kappa shape index (κ3) is 3.91. The van der Waals surface area contributed by atoms with Gasteiger partial charge in [0.25, 0.3) is 0 Å². The number of sulfone groups is 1. The van der Waals surface area contributed by atoms with Crippen molar-refractivity contribution in [2.75, 3.05) is 31.0 Å². The Balaban J connectivity index is 1.96. The van der Waals surface area contributed by atoms with Crippen molar-refractivity contribution in [3.05, 3.63) is 24.3 Å². The smallest absolute Gasteiger partial charge is 0.244 e. The fraction of sp³-hybridized carbons (Fsp3) is 0.533. The van der Waals surface area contributed by atoms with Crippen molar-refractivity contribution < 1.29 is 17.9 Å². The maximum atomic E-state index is 12.4. The Morgan fingerprint density at radius 2 is 2.00 bits per heavy atom. The number of anilines is 1. The molecule has 0 aliphatic carbocycles. The van der Waals surface area contributed by atoms with E-state index in [4.69, 9.17) is 4.74 Å². The van der Waals surface area contributed by atoms with Gasteiger partial charge in [-0.15, -0.1) is 0 Å². The summed E-state index contributed by atoms with van der Waals surface area (Å²) in [6, 6.07) is 6.64. The summed E-state index contributed by atoms with van der Waals surface area (Å²) in [4.78, 5) is 14.0. The molecule has 0 spiro atoms. The van der Waals surface area contributed by atoms with Crippen LogP contribution in [0.5, 0.6) is 5.75 Å². The van der Waals surface area contributed by atoms with Gasteiger partial charge in [-0.3, -0.25) is 4.79 Å². The molecule has 1 aliphatic heterocycles. The summed E-state index contributed by atoms with van der Waals surface area (Å²) in [5, 5.41) is 3.12. The van der Waals surface area contributed by atoms with Crippen molar-refractivity contribution in [3.8, 4) is 5.75 Å². The Morgan fingerprint density at radius 1 is 1.36 bits per heavy atom. The van der Waals surface area contributed by atoms with Crippen molar-refractivity contribution in [2.45, 2.75) is 25.4 Å². The van der Waals surface area contributed by atoms with Gasteiger partial charge in [-0.1, -0.05) is 0 Å². The number of amides is 1. The van der Waals surface area contributed by atoms with Crippen molar-refractivity contribution in [1.29, 1.82) is 0 Å². The molecule has 0 aromatic heterocycles. The van der Waals surface area contributed by atoms with Gasteiger partial charge in [-0.05, 0) is 37.6 Å². The van der Waals surface area contributed by atoms with E-state index in [1.165, 1.54) is 0 Å². The van der Waals surface area contributed by atoms with Crippen LogP contribution in [0.25, 0.3) is 0 Å². The molecule has 0 bridgehead atoms. The van der Waals surface area contributed by atoms with Gasteiger partial charge in [0.05, 0.1) is 18.6 Å². The topological polar surface area (TPSA) is 75.7 Å². The molecular weight excluding hydrogens is 304 g/mol. The molecule has 0 radical (unpaired) electrons. The van der Waals surface area contributed by atoms with Crippen LogP contribution >= 0.6 is 0 Å². The second kappa shape index (κ2) is 6.56. The second-order valence-corrected chi connectivity index (χ2v) is 7.83. The molecule has 0 unspecified atom stereocenters. The molecule has 2 rings (SSSR count). The average Bonchev–Trinajstić information content (AvgIpc) is 2.86. The first kappa shape index (κ1) is 16.6. The van der Waals surface area contributed by atoms with E-state index in [-0.39, 0.29) is 23.5 Å². The van der Waals surface area contributed by atoms with Gasteiger partial charge in [-0.2, -0.15) is 0 Å². The zero-order valence-electron chi connectivity index (χ0n) is 13.1. The molecule has 1 fully saturated rings. The molecule has 1 aliphatic rings. The molecule has 0 saturated carbocycles. The van der Waals surface area contributed by atoms with Crippen molar-refractivity contribution in [1.82, 2.24) is 4.90 Å². The summed E-state index contributed by atoms with van der Waals surface area (Å²) in [7, 11) is 0.269. The third-order valence-electron chi connectivity index (χ3n) is 3.95. The Labute approximate surface area is 131 Å². The third-order valence-corrected chi connectivity index (χ3v) is 5.70. The highest BCUT2D eigenvalue weighted by atomic mass is 32.2. The molecule has 1 heterocycles. The highest BCUT2D eigenvalue weighted by Gasteiger charge is 2.33. The number of methoxy groups -OCH3 is 1. The number of ether oxygens (including phenoxy) is 1. The fourth-order valence-corrected chi connectivity index (χ4v) is 4.34. The number of benzene rings is 1. The van der Waals surface area contributed by atoms with Gasteiger partial charge in [0.15, 0.2) is 9.84 Å². The summed E-state index contributed by atoms with van der Waals surface area (Å²) in [6.07, 6.45) is 0.514. The molecular formula is C15H22N2O4S. The van der Waals surface area contributed by atoms with Crippen LogP contribution < -0.4 is 10.1 Å². The summed E-state index contributed by atoms with van der Waals surface area (Å²) in [6.45, 7) is 1.77. The number of hydrogen-bond donors (Lipinski definition) is 1. The summed E-state index contributed by atoms with van der Waals surface area (Å²) < 4.78 is 28.1. The molecule has 7 heteroatoms. The van der Waals surface area contributed by atoms with E-state index >= 15 is 0 Å². The van der Waals surface area contributed by atoms with E-state index in [2.05, 4.69) is 5.32 Å². The zero-order valence-corrected chi connectivity index (χ0v) is 13.9. The van der Waals surface area contributed by atoms with Crippen LogP contribution in [0.15, 0.2) is 24.3 Å². The quantitative estimate of drug-likeness (QED) is 0.878.